The molecule has 0 aliphatic rings. The molecular weight excluding hydrogens is 328 g/mol. The molecule has 1 amide bonds. The Morgan fingerprint density at radius 1 is 1.15 bits per heavy atom. The van der Waals surface area contributed by atoms with Crippen LogP contribution in [-0.2, 0) is 4.79 Å². The fourth-order valence-corrected chi connectivity index (χ4v) is 2.35. The predicted octanol–water partition coefficient (Wildman–Crippen LogP) is 4.05. The van der Waals surface area contributed by atoms with Crippen LogP contribution in [0.4, 0.5) is 0 Å². The third-order valence-electron chi connectivity index (χ3n) is 3.85. The molecule has 2 aromatic carbocycles. The van der Waals surface area contributed by atoms with E-state index in [9.17, 15) is 4.79 Å². The Labute approximate surface area is 155 Å². The van der Waals surface area contributed by atoms with Crippen molar-refractivity contribution in [1.29, 1.82) is 0 Å². The van der Waals surface area contributed by atoms with Gasteiger partial charge in [0.1, 0.15) is 11.5 Å². The zero-order valence-corrected chi connectivity index (χ0v) is 15.8. The quantitative estimate of drug-likeness (QED) is 0.575. The number of hydrogen-bond donors (Lipinski definition) is 1. The summed E-state index contributed by atoms with van der Waals surface area (Å²) in [6.07, 6.45) is 1.56. The molecule has 0 spiro atoms. The number of carbonyl (C=O) groups is 1. The van der Waals surface area contributed by atoms with Gasteiger partial charge >= 0.3 is 0 Å². The van der Waals surface area contributed by atoms with Gasteiger partial charge in [-0.15, -0.1) is 0 Å². The number of rotatable bonds is 8. The molecule has 0 radical (unpaired) electrons. The minimum Gasteiger partial charge on any atom is -0.493 e. The number of nitrogens with one attached hydrogen (secondary N) is 1. The molecule has 5 heteroatoms. The SMILES string of the molecule is CCOc1ccccc1/C=N/NC(=O)COc1cc(C(C)C)ccc1C. The molecule has 0 saturated carbocycles. The number of amides is 1. The number of nitrogens with zero attached hydrogens (tertiary/aromatic N) is 1. The first-order valence-electron chi connectivity index (χ1n) is 8.78. The number of benzene rings is 2. The summed E-state index contributed by atoms with van der Waals surface area (Å²) in [5, 5.41) is 3.98. The van der Waals surface area contributed by atoms with Crippen LogP contribution in [0.15, 0.2) is 47.6 Å². The molecule has 0 unspecified atom stereocenters. The average molecular weight is 354 g/mol. The maximum absolute atomic E-state index is 12.0. The van der Waals surface area contributed by atoms with Crippen molar-refractivity contribution in [3.63, 3.8) is 0 Å². The summed E-state index contributed by atoms with van der Waals surface area (Å²) in [7, 11) is 0. The zero-order valence-electron chi connectivity index (χ0n) is 15.8. The van der Waals surface area contributed by atoms with Crippen molar-refractivity contribution in [3.8, 4) is 11.5 Å². The summed E-state index contributed by atoms with van der Waals surface area (Å²) >= 11 is 0. The van der Waals surface area contributed by atoms with Gasteiger partial charge in [0.15, 0.2) is 6.61 Å². The van der Waals surface area contributed by atoms with Gasteiger partial charge in [0, 0.05) is 5.56 Å². The lowest BCUT2D eigenvalue weighted by Gasteiger charge is -2.12. The summed E-state index contributed by atoms with van der Waals surface area (Å²) in [4.78, 5) is 12.0. The Bertz CT molecular complexity index is 770. The van der Waals surface area contributed by atoms with Crippen molar-refractivity contribution in [2.45, 2.75) is 33.6 Å². The third-order valence-corrected chi connectivity index (χ3v) is 3.85. The van der Waals surface area contributed by atoms with Crippen molar-refractivity contribution < 1.29 is 14.3 Å². The van der Waals surface area contributed by atoms with Gasteiger partial charge in [-0.05, 0) is 49.1 Å². The van der Waals surface area contributed by atoms with Crippen LogP contribution in [0.3, 0.4) is 0 Å². The monoisotopic (exact) mass is 354 g/mol. The molecule has 0 saturated heterocycles. The Kier molecular flexibility index (Phi) is 7.21. The van der Waals surface area contributed by atoms with Gasteiger partial charge in [-0.2, -0.15) is 5.10 Å². The molecule has 0 fully saturated rings. The number of ether oxygens (including phenoxy) is 2. The molecule has 0 aliphatic carbocycles. The number of hydrogen-bond acceptors (Lipinski definition) is 4. The highest BCUT2D eigenvalue weighted by Gasteiger charge is 2.07. The van der Waals surface area contributed by atoms with E-state index in [2.05, 4.69) is 30.4 Å². The van der Waals surface area contributed by atoms with Crippen molar-refractivity contribution in [2.75, 3.05) is 13.2 Å². The minimum absolute atomic E-state index is 0.0904. The van der Waals surface area contributed by atoms with Crippen molar-refractivity contribution in [1.82, 2.24) is 5.43 Å². The molecule has 0 atom stereocenters. The van der Waals surface area contributed by atoms with E-state index in [1.54, 1.807) is 6.21 Å². The van der Waals surface area contributed by atoms with Crippen molar-refractivity contribution >= 4 is 12.1 Å². The first kappa shape index (κ1) is 19.5. The van der Waals surface area contributed by atoms with E-state index < -0.39 is 0 Å². The molecule has 0 heterocycles. The van der Waals surface area contributed by atoms with Gasteiger partial charge in [0.2, 0.25) is 0 Å². The van der Waals surface area contributed by atoms with Gasteiger partial charge in [-0.3, -0.25) is 4.79 Å². The van der Waals surface area contributed by atoms with Gasteiger partial charge in [0.25, 0.3) is 5.91 Å². The van der Waals surface area contributed by atoms with E-state index in [1.165, 1.54) is 5.56 Å². The number of carbonyl (C=O) groups excluding carboxylic acids is 1. The highest BCUT2D eigenvalue weighted by molar-refractivity contribution is 5.85. The first-order valence-corrected chi connectivity index (χ1v) is 8.78. The molecular formula is C21H26N2O3. The number of aryl methyl sites for hydroxylation is 1. The van der Waals surface area contributed by atoms with Crippen LogP contribution >= 0.6 is 0 Å². The summed E-state index contributed by atoms with van der Waals surface area (Å²) < 4.78 is 11.2. The average Bonchev–Trinajstić information content (AvgIpc) is 2.62. The Morgan fingerprint density at radius 2 is 1.92 bits per heavy atom. The number of hydrazone groups is 1. The van der Waals surface area contributed by atoms with E-state index >= 15 is 0 Å². The summed E-state index contributed by atoms with van der Waals surface area (Å²) in [6, 6.07) is 13.6. The Hall–Kier alpha value is -2.82. The fraction of sp³-hybridized carbons (Fsp3) is 0.333. The molecule has 1 N–H and O–H groups in total. The second kappa shape index (κ2) is 9.61. The molecule has 0 bridgehead atoms. The van der Waals surface area contributed by atoms with Crippen LogP contribution in [0.2, 0.25) is 0 Å². The highest BCUT2D eigenvalue weighted by atomic mass is 16.5. The summed E-state index contributed by atoms with van der Waals surface area (Å²) in [5.41, 5.74) is 5.45. The molecule has 26 heavy (non-hydrogen) atoms. The zero-order chi connectivity index (χ0) is 18.9. The lowest BCUT2D eigenvalue weighted by atomic mass is 10.0. The molecule has 138 valence electrons. The van der Waals surface area contributed by atoms with Gasteiger partial charge in [-0.1, -0.05) is 38.1 Å². The summed E-state index contributed by atoms with van der Waals surface area (Å²) in [5.74, 6) is 1.54. The highest BCUT2D eigenvalue weighted by Crippen LogP contribution is 2.24. The molecule has 2 aromatic rings. The summed E-state index contributed by atoms with van der Waals surface area (Å²) in [6.45, 7) is 8.60. The smallest absolute Gasteiger partial charge is 0.277 e. The Balaban J connectivity index is 1.91. The standard InChI is InChI=1S/C21H26N2O3/c1-5-25-19-9-7-6-8-18(19)13-22-23-21(24)14-26-20-12-17(15(2)3)11-10-16(20)4/h6-13,15H,5,14H2,1-4H3,(H,23,24)/b22-13+. The third kappa shape index (κ3) is 5.62. The van der Waals surface area contributed by atoms with Gasteiger partial charge < -0.3 is 9.47 Å². The van der Waals surface area contributed by atoms with Crippen LogP contribution in [0, 0.1) is 6.92 Å². The first-order chi connectivity index (χ1) is 12.5. The van der Waals surface area contributed by atoms with E-state index in [1.807, 2.05) is 50.2 Å². The lowest BCUT2D eigenvalue weighted by Crippen LogP contribution is -2.24. The molecule has 5 nitrogen and oxygen atoms in total. The van der Waals surface area contributed by atoms with Crippen LogP contribution in [-0.4, -0.2) is 25.3 Å². The topological polar surface area (TPSA) is 59.9 Å². The van der Waals surface area contributed by atoms with E-state index in [-0.39, 0.29) is 12.5 Å². The largest absolute Gasteiger partial charge is 0.493 e. The Morgan fingerprint density at radius 3 is 2.65 bits per heavy atom. The second-order valence-corrected chi connectivity index (χ2v) is 6.23. The second-order valence-electron chi connectivity index (χ2n) is 6.23. The van der Waals surface area contributed by atoms with Crippen molar-refractivity contribution in [3.05, 3.63) is 59.2 Å². The van der Waals surface area contributed by atoms with Crippen LogP contribution in [0.25, 0.3) is 0 Å². The van der Waals surface area contributed by atoms with Crippen LogP contribution in [0.5, 0.6) is 11.5 Å². The van der Waals surface area contributed by atoms with Gasteiger partial charge in [-0.25, -0.2) is 5.43 Å². The molecule has 2 rings (SSSR count). The van der Waals surface area contributed by atoms with E-state index in [0.717, 1.165) is 22.6 Å². The maximum Gasteiger partial charge on any atom is 0.277 e. The fourth-order valence-electron chi connectivity index (χ4n) is 2.35. The lowest BCUT2D eigenvalue weighted by molar-refractivity contribution is -0.123. The molecule has 0 aliphatic heterocycles. The number of para-hydroxylation sites is 1. The van der Waals surface area contributed by atoms with Crippen LogP contribution in [0.1, 0.15) is 43.4 Å². The normalized spacial score (nSPS) is 11.0. The maximum atomic E-state index is 12.0. The van der Waals surface area contributed by atoms with Crippen LogP contribution < -0.4 is 14.9 Å². The molecule has 0 aromatic heterocycles. The minimum atomic E-state index is -0.315. The van der Waals surface area contributed by atoms with E-state index in [0.29, 0.717) is 12.5 Å². The predicted molar refractivity (Wildman–Crippen MR) is 104 cm³/mol. The van der Waals surface area contributed by atoms with Crippen molar-refractivity contribution in [2.24, 2.45) is 5.10 Å². The van der Waals surface area contributed by atoms with E-state index in [4.69, 9.17) is 9.47 Å². The van der Waals surface area contributed by atoms with Gasteiger partial charge in [0.05, 0.1) is 12.8 Å².